The van der Waals surface area contributed by atoms with Crippen LogP contribution in [0.15, 0.2) is 36.4 Å². The minimum atomic E-state index is -5.08. The van der Waals surface area contributed by atoms with Crippen LogP contribution in [-0.4, -0.2) is 56.3 Å². The summed E-state index contributed by atoms with van der Waals surface area (Å²) < 4.78 is 92.7. The molecule has 0 unspecified atom stereocenters. The van der Waals surface area contributed by atoms with Crippen LogP contribution >= 0.6 is 0 Å². The number of likely N-dealkylation sites (tertiary alicyclic amines) is 1. The van der Waals surface area contributed by atoms with Crippen molar-refractivity contribution >= 4 is 23.0 Å². The van der Waals surface area contributed by atoms with Gasteiger partial charge >= 0.3 is 18.1 Å². The van der Waals surface area contributed by atoms with Crippen LogP contribution in [0.5, 0.6) is 0 Å². The Kier molecular flexibility index (Phi) is 9.33. The van der Waals surface area contributed by atoms with Gasteiger partial charge in [0.2, 0.25) is 0 Å². The zero-order valence-corrected chi connectivity index (χ0v) is 23.3. The van der Waals surface area contributed by atoms with Gasteiger partial charge in [-0.1, -0.05) is 31.2 Å². The molecular formula is C30H26F7N3O4. The maximum Gasteiger partial charge on any atom is 0.490 e. The number of H-pyrrole nitrogens is 1. The van der Waals surface area contributed by atoms with E-state index in [2.05, 4.69) is 21.8 Å². The third kappa shape index (κ3) is 6.85. The second-order valence-electron chi connectivity index (χ2n) is 10.5. The minimum Gasteiger partial charge on any atom is -0.478 e. The number of rotatable bonds is 5. The summed E-state index contributed by atoms with van der Waals surface area (Å²) in [5.74, 6) is -9.39. The summed E-state index contributed by atoms with van der Waals surface area (Å²) in [5.41, 5.74) is -1.28. The van der Waals surface area contributed by atoms with Gasteiger partial charge in [-0.3, -0.25) is 4.90 Å². The van der Waals surface area contributed by atoms with Gasteiger partial charge in [0.1, 0.15) is 11.3 Å². The number of hydrogen-bond donors (Lipinski definition) is 3. The highest BCUT2D eigenvalue weighted by Crippen LogP contribution is 2.38. The Bertz CT molecular complexity index is 1680. The van der Waals surface area contributed by atoms with Gasteiger partial charge in [-0.2, -0.15) is 13.2 Å². The number of piperidine rings is 1. The van der Waals surface area contributed by atoms with Crippen LogP contribution in [0.1, 0.15) is 41.5 Å². The highest BCUT2D eigenvalue weighted by Gasteiger charge is 2.38. The number of aliphatic carboxylic acids is 1. The molecule has 0 amide bonds. The van der Waals surface area contributed by atoms with E-state index in [1.807, 2.05) is 0 Å². The van der Waals surface area contributed by atoms with Crippen LogP contribution in [-0.2, 0) is 11.3 Å². The first-order valence-electron chi connectivity index (χ1n) is 13.3. The Morgan fingerprint density at radius 3 is 1.89 bits per heavy atom. The van der Waals surface area contributed by atoms with Gasteiger partial charge in [-0.15, -0.1) is 0 Å². The Morgan fingerprint density at radius 1 is 0.909 bits per heavy atom. The lowest BCUT2D eigenvalue weighted by molar-refractivity contribution is -0.192. The molecule has 2 heterocycles. The fraction of sp³-hybridized carbons (Fsp3) is 0.300. The second kappa shape index (κ2) is 12.6. The van der Waals surface area contributed by atoms with Crippen molar-refractivity contribution in [2.24, 2.45) is 5.92 Å². The maximum absolute atomic E-state index is 15.3. The zero-order chi connectivity index (χ0) is 32.5. The van der Waals surface area contributed by atoms with E-state index in [4.69, 9.17) is 9.90 Å². The van der Waals surface area contributed by atoms with Crippen molar-refractivity contribution in [2.45, 2.75) is 39.4 Å². The normalized spacial score (nSPS) is 14.4. The number of fused-ring (bicyclic) bond motifs is 1. The molecule has 4 aromatic rings. The first-order valence-corrected chi connectivity index (χ1v) is 13.3. The first-order chi connectivity index (χ1) is 20.6. The lowest BCUT2D eigenvalue weighted by atomic mass is 9.95. The highest BCUT2D eigenvalue weighted by atomic mass is 19.4. The highest BCUT2D eigenvalue weighted by molar-refractivity contribution is 6.03. The molecule has 44 heavy (non-hydrogen) atoms. The fourth-order valence-corrected chi connectivity index (χ4v) is 4.94. The minimum absolute atomic E-state index is 0.00114. The molecule has 1 aliphatic heterocycles. The predicted octanol–water partition coefficient (Wildman–Crippen LogP) is 7.33. The van der Waals surface area contributed by atoms with Crippen LogP contribution in [0.3, 0.4) is 0 Å². The topological polar surface area (TPSA) is 107 Å². The van der Waals surface area contributed by atoms with Gasteiger partial charge in [-0.05, 0) is 67.6 Å². The molecular weight excluding hydrogens is 599 g/mol. The third-order valence-corrected chi connectivity index (χ3v) is 7.26. The summed E-state index contributed by atoms with van der Waals surface area (Å²) >= 11 is 0. The monoisotopic (exact) mass is 625 g/mol. The molecule has 3 N–H and O–H groups in total. The van der Waals surface area contributed by atoms with Crippen molar-refractivity contribution in [2.75, 3.05) is 13.1 Å². The number of imidazole rings is 1. The smallest absolute Gasteiger partial charge is 0.478 e. The summed E-state index contributed by atoms with van der Waals surface area (Å²) in [7, 11) is 0. The van der Waals surface area contributed by atoms with Gasteiger partial charge in [-0.25, -0.2) is 32.1 Å². The molecule has 7 nitrogen and oxygen atoms in total. The van der Waals surface area contributed by atoms with Crippen LogP contribution < -0.4 is 0 Å². The Hall–Kier alpha value is -4.46. The van der Waals surface area contributed by atoms with Gasteiger partial charge in [0.25, 0.3) is 0 Å². The maximum atomic E-state index is 15.3. The van der Waals surface area contributed by atoms with Crippen LogP contribution in [0, 0.1) is 36.1 Å². The van der Waals surface area contributed by atoms with E-state index in [1.54, 1.807) is 19.1 Å². The van der Waals surface area contributed by atoms with Gasteiger partial charge in [0, 0.05) is 6.54 Å². The standard InChI is InChI=1S/C28H25F4N3O2.C2HF3O2/c1-14-7-9-35(10-8-14)13-16-3-5-17(6-4-16)21-23(29)25(31)22(26(32)24(21)30)18-11-19(28(36)37)27-20(12-18)33-15(2)34-27;3-2(4,5)1(6)7/h3-6,11-12,14H,7-10,13H2,1-2H3,(H,33,34)(H,36,37);(H,6,7). The van der Waals surface area contributed by atoms with Crippen LogP contribution in [0.4, 0.5) is 30.7 Å². The van der Waals surface area contributed by atoms with Gasteiger partial charge in [0.05, 0.1) is 22.2 Å². The second-order valence-corrected chi connectivity index (χ2v) is 10.5. The molecule has 0 radical (unpaired) electrons. The zero-order valence-electron chi connectivity index (χ0n) is 23.3. The summed E-state index contributed by atoms with van der Waals surface area (Å²) in [6.07, 6.45) is -2.86. The van der Waals surface area contributed by atoms with Crippen molar-refractivity contribution in [3.8, 4) is 22.3 Å². The van der Waals surface area contributed by atoms with Crippen molar-refractivity contribution in [3.05, 3.63) is 76.6 Å². The number of alkyl halides is 3. The number of aromatic amines is 1. The van der Waals surface area contributed by atoms with Crippen molar-refractivity contribution in [1.82, 2.24) is 14.9 Å². The Morgan fingerprint density at radius 2 is 1.41 bits per heavy atom. The van der Waals surface area contributed by atoms with E-state index in [9.17, 15) is 23.1 Å². The Balaban J connectivity index is 0.000000566. The van der Waals surface area contributed by atoms with Crippen molar-refractivity contribution in [1.29, 1.82) is 0 Å². The van der Waals surface area contributed by atoms with Crippen molar-refractivity contribution in [3.63, 3.8) is 0 Å². The van der Waals surface area contributed by atoms with E-state index in [-0.39, 0.29) is 27.7 Å². The molecule has 234 valence electrons. The number of carbonyl (C=O) groups is 2. The fourth-order valence-electron chi connectivity index (χ4n) is 4.94. The molecule has 0 spiro atoms. The molecule has 0 aliphatic carbocycles. The van der Waals surface area contributed by atoms with Gasteiger partial charge in [0.15, 0.2) is 23.3 Å². The van der Waals surface area contributed by atoms with E-state index in [0.29, 0.717) is 18.3 Å². The number of carboxylic acid groups (broad SMARTS) is 2. The number of aryl methyl sites for hydroxylation is 1. The molecule has 1 aliphatic rings. The number of carboxylic acids is 2. The molecule has 0 atom stereocenters. The SMILES string of the molecule is Cc1nc2c(C(=O)O)cc(-c3c(F)c(F)c(-c4ccc(CN5CCC(C)CC5)cc4)c(F)c3F)cc2[nH]1.O=C(O)C(F)(F)F. The molecule has 0 saturated carbocycles. The third-order valence-electron chi connectivity index (χ3n) is 7.26. The van der Waals surface area contributed by atoms with Crippen LogP contribution in [0.2, 0.25) is 0 Å². The summed E-state index contributed by atoms with van der Waals surface area (Å²) in [6.45, 7) is 6.43. The largest absolute Gasteiger partial charge is 0.490 e. The molecule has 1 aromatic heterocycles. The molecule has 0 bridgehead atoms. The summed E-state index contributed by atoms with van der Waals surface area (Å²) in [4.78, 5) is 29.8. The molecule has 5 rings (SSSR count). The number of nitrogens with zero attached hydrogens (tertiary/aromatic N) is 2. The molecule has 1 fully saturated rings. The summed E-state index contributed by atoms with van der Waals surface area (Å²) in [5, 5.41) is 16.7. The van der Waals surface area contributed by atoms with Gasteiger partial charge < -0.3 is 15.2 Å². The number of aromatic carboxylic acids is 1. The Labute approximate surface area is 246 Å². The molecule has 3 aromatic carbocycles. The lowest BCUT2D eigenvalue weighted by Crippen LogP contribution is -2.32. The van der Waals surface area contributed by atoms with E-state index in [1.165, 1.54) is 18.2 Å². The average molecular weight is 626 g/mol. The number of halogens is 7. The molecule has 14 heteroatoms. The molecule has 1 saturated heterocycles. The lowest BCUT2D eigenvalue weighted by Gasteiger charge is -2.30. The quantitative estimate of drug-likeness (QED) is 0.159. The first kappa shape index (κ1) is 32.5. The number of hydrogen-bond acceptors (Lipinski definition) is 4. The number of aromatic nitrogens is 2. The van der Waals surface area contributed by atoms with Crippen LogP contribution in [0.25, 0.3) is 33.3 Å². The van der Waals surface area contributed by atoms with E-state index < -0.39 is 52.5 Å². The predicted molar refractivity (Wildman–Crippen MR) is 146 cm³/mol. The number of nitrogens with one attached hydrogen (secondary N) is 1. The number of benzene rings is 3. The van der Waals surface area contributed by atoms with E-state index >= 15 is 17.6 Å². The van der Waals surface area contributed by atoms with Crippen molar-refractivity contribution < 1.29 is 50.5 Å². The average Bonchev–Trinajstić information content (AvgIpc) is 3.33. The van der Waals surface area contributed by atoms with E-state index in [0.717, 1.165) is 37.6 Å². The summed E-state index contributed by atoms with van der Waals surface area (Å²) in [6, 6.07) is 8.47.